The standard InChI is InChI=1S/C12H22/c1-6-12(7-2)9-11(5)8-10(3)4/h6,11-12H,1,3,7-9H2,2,4-5H3. The predicted molar refractivity (Wildman–Crippen MR) is 57.2 cm³/mol. The van der Waals surface area contributed by atoms with E-state index in [1.165, 1.54) is 18.4 Å². The van der Waals surface area contributed by atoms with Gasteiger partial charge in [-0.1, -0.05) is 25.5 Å². The molecule has 0 heteroatoms. The Bertz CT molecular complexity index is 144. The van der Waals surface area contributed by atoms with Gasteiger partial charge in [0.2, 0.25) is 0 Å². The minimum atomic E-state index is 0.694. The zero-order valence-electron chi connectivity index (χ0n) is 8.77. The van der Waals surface area contributed by atoms with Crippen LogP contribution in [0, 0.1) is 11.8 Å². The van der Waals surface area contributed by atoms with Gasteiger partial charge in [0, 0.05) is 0 Å². The highest BCUT2D eigenvalue weighted by molar-refractivity contribution is 4.91. The summed E-state index contributed by atoms with van der Waals surface area (Å²) in [6.45, 7) is 14.4. The van der Waals surface area contributed by atoms with Crippen LogP contribution in [0.5, 0.6) is 0 Å². The lowest BCUT2D eigenvalue weighted by molar-refractivity contribution is 0.435. The Labute approximate surface area is 77.4 Å². The van der Waals surface area contributed by atoms with Crippen molar-refractivity contribution in [3.8, 4) is 0 Å². The van der Waals surface area contributed by atoms with Crippen LogP contribution in [-0.4, -0.2) is 0 Å². The molecule has 0 saturated heterocycles. The predicted octanol–water partition coefficient (Wildman–Crippen LogP) is 4.19. The van der Waals surface area contributed by atoms with Gasteiger partial charge in [0.05, 0.1) is 0 Å². The van der Waals surface area contributed by atoms with E-state index in [-0.39, 0.29) is 0 Å². The highest BCUT2D eigenvalue weighted by Gasteiger charge is 2.07. The first-order chi connectivity index (χ1) is 5.60. The van der Waals surface area contributed by atoms with Crippen molar-refractivity contribution < 1.29 is 0 Å². The smallest absolute Gasteiger partial charge is 0.0236 e. The lowest BCUT2D eigenvalue weighted by Gasteiger charge is -2.16. The summed E-state index contributed by atoms with van der Waals surface area (Å²) in [5.74, 6) is 1.45. The third kappa shape index (κ3) is 5.17. The average Bonchev–Trinajstić information content (AvgIpc) is 1.98. The van der Waals surface area contributed by atoms with E-state index >= 15 is 0 Å². The SMILES string of the molecule is C=CC(CC)CC(C)CC(=C)C. The van der Waals surface area contributed by atoms with Gasteiger partial charge in [-0.05, 0) is 38.0 Å². The third-order valence-electron chi connectivity index (χ3n) is 2.26. The van der Waals surface area contributed by atoms with Gasteiger partial charge in [-0.15, -0.1) is 13.2 Å². The summed E-state index contributed by atoms with van der Waals surface area (Å²) in [5.41, 5.74) is 1.29. The normalized spacial score (nSPS) is 15.2. The molecule has 0 aliphatic heterocycles. The van der Waals surface area contributed by atoms with Crippen LogP contribution in [0.2, 0.25) is 0 Å². The van der Waals surface area contributed by atoms with E-state index in [1.807, 2.05) is 0 Å². The summed E-state index contributed by atoms with van der Waals surface area (Å²) in [7, 11) is 0. The summed E-state index contributed by atoms with van der Waals surface area (Å²) in [4.78, 5) is 0. The molecule has 0 aromatic carbocycles. The fourth-order valence-corrected chi connectivity index (χ4v) is 1.62. The van der Waals surface area contributed by atoms with Gasteiger partial charge < -0.3 is 0 Å². The van der Waals surface area contributed by atoms with Crippen LogP contribution in [0.1, 0.15) is 40.0 Å². The summed E-state index contributed by atoms with van der Waals surface area (Å²) in [6, 6.07) is 0. The van der Waals surface area contributed by atoms with Crippen LogP contribution in [0.4, 0.5) is 0 Å². The molecule has 0 aromatic heterocycles. The van der Waals surface area contributed by atoms with E-state index in [1.54, 1.807) is 0 Å². The minimum absolute atomic E-state index is 0.694. The maximum Gasteiger partial charge on any atom is -0.0236 e. The van der Waals surface area contributed by atoms with Gasteiger partial charge in [0.15, 0.2) is 0 Å². The fourth-order valence-electron chi connectivity index (χ4n) is 1.62. The molecular weight excluding hydrogens is 144 g/mol. The molecule has 0 heterocycles. The molecule has 0 rings (SSSR count). The van der Waals surface area contributed by atoms with Crippen molar-refractivity contribution >= 4 is 0 Å². The molecule has 0 amide bonds. The second-order valence-corrected chi connectivity index (χ2v) is 3.91. The van der Waals surface area contributed by atoms with E-state index < -0.39 is 0 Å². The van der Waals surface area contributed by atoms with Crippen LogP contribution >= 0.6 is 0 Å². The largest absolute Gasteiger partial charge is 0.103 e. The van der Waals surface area contributed by atoms with Crippen LogP contribution in [0.15, 0.2) is 24.8 Å². The summed E-state index contributed by atoms with van der Waals surface area (Å²) in [5, 5.41) is 0. The molecule has 0 spiro atoms. The fraction of sp³-hybridized carbons (Fsp3) is 0.667. The Morgan fingerprint density at radius 1 is 1.50 bits per heavy atom. The lowest BCUT2D eigenvalue weighted by atomic mass is 9.90. The van der Waals surface area contributed by atoms with Gasteiger partial charge in [-0.25, -0.2) is 0 Å². The van der Waals surface area contributed by atoms with Crippen molar-refractivity contribution in [3.63, 3.8) is 0 Å². The third-order valence-corrected chi connectivity index (χ3v) is 2.26. The first kappa shape index (κ1) is 11.5. The van der Waals surface area contributed by atoms with Crippen molar-refractivity contribution in [2.45, 2.75) is 40.0 Å². The molecule has 2 atom stereocenters. The molecule has 70 valence electrons. The second-order valence-electron chi connectivity index (χ2n) is 3.91. The van der Waals surface area contributed by atoms with Gasteiger partial charge >= 0.3 is 0 Å². The molecular formula is C12H22. The van der Waals surface area contributed by atoms with Crippen molar-refractivity contribution in [2.75, 3.05) is 0 Å². The summed E-state index contributed by atoms with van der Waals surface area (Å²) < 4.78 is 0. The van der Waals surface area contributed by atoms with E-state index in [0.717, 1.165) is 12.3 Å². The van der Waals surface area contributed by atoms with Crippen LogP contribution in [-0.2, 0) is 0 Å². The maximum absolute atomic E-state index is 3.93. The highest BCUT2D eigenvalue weighted by atomic mass is 14.1. The molecule has 0 aromatic rings. The number of hydrogen-bond acceptors (Lipinski definition) is 0. The minimum Gasteiger partial charge on any atom is -0.103 e. The molecule has 0 radical (unpaired) electrons. The van der Waals surface area contributed by atoms with Gasteiger partial charge in [-0.3, -0.25) is 0 Å². The zero-order valence-corrected chi connectivity index (χ0v) is 8.77. The van der Waals surface area contributed by atoms with Crippen molar-refractivity contribution in [1.82, 2.24) is 0 Å². The number of allylic oxidation sites excluding steroid dienone is 2. The molecule has 0 aliphatic rings. The van der Waals surface area contributed by atoms with E-state index in [2.05, 4.69) is 40.0 Å². The maximum atomic E-state index is 3.93. The molecule has 0 fully saturated rings. The van der Waals surface area contributed by atoms with Crippen molar-refractivity contribution in [3.05, 3.63) is 24.8 Å². The summed E-state index contributed by atoms with van der Waals surface area (Å²) in [6.07, 6.45) is 5.70. The van der Waals surface area contributed by atoms with Gasteiger partial charge in [0.1, 0.15) is 0 Å². The Morgan fingerprint density at radius 3 is 2.42 bits per heavy atom. The molecule has 12 heavy (non-hydrogen) atoms. The molecule has 0 nitrogen and oxygen atoms in total. The zero-order chi connectivity index (χ0) is 9.56. The molecule has 0 aliphatic carbocycles. The van der Waals surface area contributed by atoms with Crippen LogP contribution in [0.25, 0.3) is 0 Å². The number of hydrogen-bond donors (Lipinski definition) is 0. The van der Waals surface area contributed by atoms with Crippen molar-refractivity contribution in [2.24, 2.45) is 11.8 Å². The Hall–Kier alpha value is -0.520. The highest BCUT2D eigenvalue weighted by Crippen LogP contribution is 2.21. The first-order valence-electron chi connectivity index (χ1n) is 4.87. The Kier molecular flexibility index (Phi) is 5.79. The number of rotatable bonds is 6. The molecule has 0 N–H and O–H groups in total. The van der Waals surface area contributed by atoms with E-state index in [9.17, 15) is 0 Å². The van der Waals surface area contributed by atoms with Gasteiger partial charge in [-0.2, -0.15) is 0 Å². The van der Waals surface area contributed by atoms with E-state index in [4.69, 9.17) is 0 Å². The average molecular weight is 166 g/mol. The lowest BCUT2D eigenvalue weighted by Crippen LogP contribution is -2.03. The first-order valence-corrected chi connectivity index (χ1v) is 4.87. The molecule has 0 saturated carbocycles. The monoisotopic (exact) mass is 166 g/mol. The molecule has 2 unspecified atom stereocenters. The van der Waals surface area contributed by atoms with Crippen molar-refractivity contribution in [1.29, 1.82) is 0 Å². The van der Waals surface area contributed by atoms with Crippen LogP contribution in [0.3, 0.4) is 0 Å². The van der Waals surface area contributed by atoms with Crippen LogP contribution < -0.4 is 0 Å². The second kappa shape index (κ2) is 6.05. The summed E-state index contributed by atoms with van der Waals surface area (Å²) >= 11 is 0. The quantitative estimate of drug-likeness (QED) is 0.519. The van der Waals surface area contributed by atoms with Gasteiger partial charge in [0.25, 0.3) is 0 Å². The Morgan fingerprint density at radius 2 is 2.08 bits per heavy atom. The Balaban J connectivity index is 3.73. The van der Waals surface area contributed by atoms with E-state index in [0.29, 0.717) is 5.92 Å². The molecule has 0 bridgehead atoms. The topological polar surface area (TPSA) is 0 Å².